The third-order valence-electron chi connectivity index (χ3n) is 2.56. The SMILES string of the molecule is CC(C)(C)c1c[c-]c(F)c(C(C)(C)C)c1.[Li+]. The number of hydrogen-bond acceptors (Lipinski definition) is 0. The molecule has 0 bridgehead atoms. The number of halogens is 1. The van der Waals surface area contributed by atoms with Crippen LogP contribution in [0.25, 0.3) is 0 Å². The molecule has 0 fully saturated rings. The molecule has 16 heavy (non-hydrogen) atoms. The Balaban J connectivity index is 0.00000225. The van der Waals surface area contributed by atoms with Crippen LogP contribution in [-0.4, -0.2) is 0 Å². The van der Waals surface area contributed by atoms with Crippen molar-refractivity contribution in [2.24, 2.45) is 0 Å². The summed E-state index contributed by atoms with van der Waals surface area (Å²) in [5.74, 6) is -0.226. The molecule has 0 aliphatic heterocycles. The van der Waals surface area contributed by atoms with E-state index in [0.29, 0.717) is 0 Å². The molecule has 84 valence electrons. The predicted molar refractivity (Wildman–Crippen MR) is 62.6 cm³/mol. The molecular weight excluding hydrogens is 194 g/mol. The minimum absolute atomic E-state index is 0. The van der Waals surface area contributed by atoms with Gasteiger partial charge in [0.25, 0.3) is 0 Å². The van der Waals surface area contributed by atoms with E-state index in [9.17, 15) is 4.39 Å². The molecule has 0 saturated carbocycles. The fourth-order valence-electron chi connectivity index (χ4n) is 1.46. The molecule has 1 aromatic carbocycles. The van der Waals surface area contributed by atoms with Crippen molar-refractivity contribution in [3.63, 3.8) is 0 Å². The van der Waals surface area contributed by atoms with Crippen LogP contribution >= 0.6 is 0 Å². The van der Waals surface area contributed by atoms with Crippen molar-refractivity contribution in [2.45, 2.75) is 52.4 Å². The Kier molecular flexibility index (Phi) is 4.86. The Hall–Kier alpha value is -0.253. The molecule has 0 heterocycles. The molecule has 0 spiro atoms. The smallest absolute Gasteiger partial charge is 0.236 e. The fraction of sp³-hybridized carbons (Fsp3) is 0.571. The first-order chi connectivity index (χ1) is 6.62. The Morgan fingerprint density at radius 3 is 1.88 bits per heavy atom. The van der Waals surface area contributed by atoms with Crippen LogP contribution in [0.15, 0.2) is 12.1 Å². The normalized spacial score (nSPS) is 12.2. The molecule has 0 aromatic heterocycles. The quantitative estimate of drug-likeness (QED) is 0.450. The van der Waals surface area contributed by atoms with Crippen molar-refractivity contribution < 1.29 is 23.3 Å². The molecule has 0 radical (unpaired) electrons. The largest absolute Gasteiger partial charge is 1.00 e. The summed E-state index contributed by atoms with van der Waals surface area (Å²) in [6, 6.07) is 6.43. The summed E-state index contributed by atoms with van der Waals surface area (Å²) in [5.41, 5.74) is 1.76. The van der Waals surface area contributed by atoms with Gasteiger partial charge in [0.2, 0.25) is 0 Å². The van der Waals surface area contributed by atoms with E-state index in [0.717, 1.165) is 11.1 Å². The first-order valence-electron chi connectivity index (χ1n) is 5.34. The van der Waals surface area contributed by atoms with Gasteiger partial charge in [-0.1, -0.05) is 52.4 Å². The summed E-state index contributed by atoms with van der Waals surface area (Å²) >= 11 is 0. The van der Waals surface area contributed by atoms with Crippen molar-refractivity contribution in [2.75, 3.05) is 0 Å². The number of hydrogen-bond donors (Lipinski definition) is 0. The van der Waals surface area contributed by atoms with Gasteiger partial charge in [0.1, 0.15) is 0 Å². The van der Waals surface area contributed by atoms with E-state index in [-0.39, 0.29) is 35.5 Å². The molecule has 0 nitrogen and oxygen atoms in total. The van der Waals surface area contributed by atoms with Crippen LogP contribution in [0.3, 0.4) is 0 Å². The average Bonchev–Trinajstić information content (AvgIpc) is 2.00. The van der Waals surface area contributed by atoms with Crippen molar-refractivity contribution in [3.05, 3.63) is 35.1 Å². The zero-order chi connectivity index (χ0) is 11.9. The van der Waals surface area contributed by atoms with Crippen LogP contribution in [0.4, 0.5) is 4.39 Å². The zero-order valence-electron chi connectivity index (χ0n) is 11.5. The van der Waals surface area contributed by atoms with Gasteiger partial charge in [-0.15, -0.1) is 11.6 Å². The third-order valence-corrected chi connectivity index (χ3v) is 2.56. The molecule has 0 atom stereocenters. The van der Waals surface area contributed by atoms with Crippen molar-refractivity contribution >= 4 is 0 Å². The predicted octanol–water partition coefficient (Wildman–Crippen LogP) is 1.22. The molecule has 0 N–H and O–H groups in total. The second-order valence-electron chi connectivity index (χ2n) is 6.12. The average molecular weight is 214 g/mol. The second kappa shape index (κ2) is 4.94. The van der Waals surface area contributed by atoms with Gasteiger partial charge < -0.3 is 0 Å². The summed E-state index contributed by atoms with van der Waals surface area (Å²) in [4.78, 5) is 0. The minimum Gasteiger partial charge on any atom is -0.236 e. The summed E-state index contributed by atoms with van der Waals surface area (Å²) in [5, 5.41) is 0. The van der Waals surface area contributed by atoms with Gasteiger partial charge >= 0.3 is 18.9 Å². The van der Waals surface area contributed by atoms with Gasteiger partial charge in [0, 0.05) is 5.82 Å². The van der Waals surface area contributed by atoms with E-state index in [1.807, 2.05) is 26.8 Å². The van der Waals surface area contributed by atoms with Gasteiger partial charge in [0.15, 0.2) is 0 Å². The maximum atomic E-state index is 13.6. The first kappa shape index (κ1) is 15.7. The maximum Gasteiger partial charge on any atom is 1.00 e. The monoisotopic (exact) mass is 214 g/mol. The molecule has 0 unspecified atom stereocenters. The van der Waals surface area contributed by atoms with Crippen LogP contribution in [-0.2, 0) is 10.8 Å². The van der Waals surface area contributed by atoms with Crippen molar-refractivity contribution in [1.82, 2.24) is 0 Å². The third kappa shape index (κ3) is 3.65. The Morgan fingerprint density at radius 1 is 1.00 bits per heavy atom. The molecule has 0 saturated heterocycles. The van der Waals surface area contributed by atoms with Gasteiger partial charge in [0.05, 0.1) is 0 Å². The Bertz CT molecular complexity index is 356. The van der Waals surface area contributed by atoms with Crippen LogP contribution < -0.4 is 18.9 Å². The van der Waals surface area contributed by atoms with Gasteiger partial charge in [-0.25, -0.2) is 4.39 Å². The summed E-state index contributed by atoms with van der Waals surface area (Å²) in [6.07, 6.45) is 0. The molecule has 2 heteroatoms. The number of rotatable bonds is 0. The van der Waals surface area contributed by atoms with Gasteiger partial charge in [-0.3, -0.25) is 0 Å². The topological polar surface area (TPSA) is 0 Å². The molecular formula is C14H20FLi. The van der Waals surface area contributed by atoms with E-state index < -0.39 is 0 Å². The molecule has 1 aromatic rings. The standard InChI is InChI=1S/C14H20F.Li/c1-13(2,3)10-7-8-12(15)11(9-10)14(4,5)6;/h7,9H,1-6H3;/q-1;+1. The van der Waals surface area contributed by atoms with E-state index in [2.05, 4.69) is 26.8 Å². The van der Waals surface area contributed by atoms with Crippen LogP contribution in [0.5, 0.6) is 0 Å². The van der Waals surface area contributed by atoms with E-state index in [1.165, 1.54) is 0 Å². The zero-order valence-corrected chi connectivity index (χ0v) is 11.5. The fourth-order valence-corrected chi connectivity index (χ4v) is 1.46. The second-order valence-corrected chi connectivity index (χ2v) is 6.12. The van der Waals surface area contributed by atoms with Crippen LogP contribution in [0.2, 0.25) is 0 Å². The molecule has 1 rings (SSSR count). The Morgan fingerprint density at radius 2 is 1.50 bits per heavy atom. The number of benzene rings is 1. The maximum absolute atomic E-state index is 13.6. The van der Waals surface area contributed by atoms with E-state index in [4.69, 9.17) is 0 Å². The first-order valence-corrected chi connectivity index (χ1v) is 5.34. The minimum atomic E-state index is -0.226. The van der Waals surface area contributed by atoms with Crippen molar-refractivity contribution in [1.29, 1.82) is 0 Å². The van der Waals surface area contributed by atoms with Crippen LogP contribution in [0, 0.1) is 11.9 Å². The van der Waals surface area contributed by atoms with Crippen molar-refractivity contribution in [3.8, 4) is 0 Å². The molecule has 0 aliphatic carbocycles. The molecule has 0 amide bonds. The van der Waals surface area contributed by atoms with E-state index >= 15 is 0 Å². The molecule has 0 aliphatic rings. The summed E-state index contributed by atoms with van der Waals surface area (Å²) in [6.45, 7) is 12.4. The van der Waals surface area contributed by atoms with E-state index in [1.54, 1.807) is 6.07 Å². The van der Waals surface area contributed by atoms with Gasteiger partial charge in [-0.05, 0) is 0 Å². The summed E-state index contributed by atoms with van der Waals surface area (Å²) in [7, 11) is 0. The Labute approximate surface area is 111 Å². The summed E-state index contributed by atoms with van der Waals surface area (Å²) < 4.78 is 13.6. The van der Waals surface area contributed by atoms with Gasteiger partial charge in [-0.2, -0.15) is 17.7 Å². The van der Waals surface area contributed by atoms with Crippen LogP contribution in [0.1, 0.15) is 52.7 Å².